The first-order chi connectivity index (χ1) is 7.90. The van der Waals surface area contributed by atoms with Gasteiger partial charge in [-0.2, -0.15) is 0 Å². The summed E-state index contributed by atoms with van der Waals surface area (Å²) < 4.78 is 0. The van der Waals surface area contributed by atoms with Crippen molar-refractivity contribution in [2.24, 2.45) is 5.73 Å². The molecule has 9 heteroatoms. The summed E-state index contributed by atoms with van der Waals surface area (Å²) in [6.45, 7) is -0.209. The molecule has 0 bridgehead atoms. The van der Waals surface area contributed by atoms with E-state index in [9.17, 15) is 14.9 Å². The van der Waals surface area contributed by atoms with Gasteiger partial charge in [0.25, 0.3) is 5.69 Å². The Hall–Kier alpha value is -1.93. The number of aliphatic hydroxyl groups excluding tert-OH is 1. The molecule has 1 amide bonds. The smallest absolute Gasteiger partial charge is 0.276 e. The number of nitro groups is 1. The van der Waals surface area contributed by atoms with Crippen molar-refractivity contribution < 1.29 is 14.8 Å². The van der Waals surface area contributed by atoms with Crippen LogP contribution in [0.25, 0.3) is 0 Å². The molecule has 0 aliphatic heterocycles. The van der Waals surface area contributed by atoms with Crippen LogP contribution in [0.4, 0.5) is 11.5 Å². The van der Waals surface area contributed by atoms with Crippen LogP contribution >= 0.6 is 11.6 Å². The van der Waals surface area contributed by atoms with Crippen molar-refractivity contribution in [2.45, 2.75) is 6.10 Å². The Morgan fingerprint density at radius 2 is 2.35 bits per heavy atom. The first kappa shape index (κ1) is 13.1. The standard InChI is InChI=1S/C8H9ClN4O4/c9-6-1-4(13(16)17)2-7(12-6)11-3-5(14)8(10)15/h1-2,5,14H,3H2,(H2,10,15)(H,11,12). The van der Waals surface area contributed by atoms with Gasteiger partial charge in [-0.05, 0) is 0 Å². The zero-order valence-corrected chi connectivity index (χ0v) is 9.22. The van der Waals surface area contributed by atoms with Crippen LogP contribution in [0.15, 0.2) is 12.1 Å². The summed E-state index contributed by atoms with van der Waals surface area (Å²) in [6.07, 6.45) is -1.41. The highest BCUT2D eigenvalue weighted by atomic mass is 35.5. The molecule has 1 atom stereocenters. The van der Waals surface area contributed by atoms with Gasteiger partial charge in [0.15, 0.2) is 0 Å². The molecule has 0 fully saturated rings. The summed E-state index contributed by atoms with van der Waals surface area (Å²) in [4.78, 5) is 24.2. The third-order valence-corrected chi connectivity index (χ3v) is 1.99. The van der Waals surface area contributed by atoms with Gasteiger partial charge in [-0.25, -0.2) is 4.98 Å². The molecule has 1 aromatic heterocycles. The number of hydrogen-bond acceptors (Lipinski definition) is 6. The molecular weight excluding hydrogens is 252 g/mol. The number of rotatable bonds is 5. The zero-order valence-electron chi connectivity index (χ0n) is 8.46. The molecule has 0 saturated carbocycles. The predicted octanol–water partition coefficient (Wildman–Crippen LogP) is -0.0987. The largest absolute Gasteiger partial charge is 0.381 e. The van der Waals surface area contributed by atoms with Gasteiger partial charge in [0.2, 0.25) is 5.91 Å². The Morgan fingerprint density at radius 1 is 1.71 bits per heavy atom. The van der Waals surface area contributed by atoms with Gasteiger partial charge in [0.05, 0.1) is 23.6 Å². The van der Waals surface area contributed by atoms with Crippen molar-refractivity contribution in [3.05, 3.63) is 27.4 Å². The van der Waals surface area contributed by atoms with E-state index in [2.05, 4.69) is 10.3 Å². The average molecular weight is 261 g/mol. The van der Waals surface area contributed by atoms with E-state index in [1.54, 1.807) is 0 Å². The Labute approximate surface area is 101 Å². The molecule has 0 aromatic carbocycles. The minimum Gasteiger partial charge on any atom is -0.381 e. The Balaban J connectivity index is 2.78. The van der Waals surface area contributed by atoms with Crippen LogP contribution in [0.5, 0.6) is 0 Å². The van der Waals surface area contributed by atoms with Crippen molar-refractivity contribution in [3.8, 4) is 0 Å². The maximum atomic E-state index is 10.5. The number of carbonyl (C=O) groups is 1. The van der Waals surface area contributed by atoms with Crippen LogP contribution in [0, 0.1) is 10.1 Å². The monoisotopic (exact) mass is 260 g/mol. The number of primary amides is 1. The third kappa shape index (κ3) is 3.85. The van der Waals surface area contributed by atoms with Crippen LogP contribution in [0.1, 0.15) is 0 Å². The van der Waals surface area contributed by atoms with Crippen LogP contribution in [-0.2, 0) is 4.79 Å². The van der Waals surface area contributed by atoms with E-state index in [1.165, 1.54) is 0 Å². The van der Waals surface area contributed by atoms with Gasteiger partial charge in [-0.15, -0.1) is 0 Å². The average Bonchev–Trinajstić information content (AvgIpc) is 2.24. The van der Waals surface area contributed by atoms with Crippen molar-refractivity contribution in [1.82, 2.24) is 4.98 Å². The molecule has 1 heterocycles. The molecule has 1 rings (SSSR count). The number of pyridine rings is 1. The van der Waals surface area contributed by atoms with Crippen LogP contribution in [0.3, 0.4) is 0 Å². The highest BCUT2D eigenvalue weighted by Crippen LogP contribution is 2.20. The van der Waals surface area contributed by atoms with E-state index in [-0.39, 0.29) is 23.2 Å². The van der Waals surface area contributed by atoms with E-state index >= 15 is 0 Å². The van der Waals surface area contributed by atoms with Crippen molar-refractivity contribution >= 4 is 29.0 Å². The second-order valence-corrected chi connectivity index (χ2v) is 3.48. The van der Waals surface area contributed by atoms with Crippen LogP contribution < -0.4 is 11.1 Å². The molecule has 8 nitrogen and oxygen atoms in total. The van der Waals surface area contributed by atoms with E-state index in [0.29, 0.717) is 0 Å². The molecule has 4 N–H and O–H groups in total. The number of aliphatic hydroxyl groups is 1. The molecule has 1 unspecified atom stereocenters. The topological polar surface area (TPSA) is 131 Å². The summed E-state index contributed by atoms with van der Waals surface area (Å²) in [6, 6.07) is 2.21. The number of nitrogens with two attached hydrogens (primary N) is 1. The van der Waals surface area contributed by atoms with Gasteiger partial charge in [0, 0.05) is 0 Å². The van der Waals surface area contributed by atoms with Gasteiger partial charge < -0.3 is 16.2 Å². The summed E-state index contributed by atoms with van der Waals surface area (Å²) in [5, 5.41) is 22.1. The second-order valence-electron chi connectivity index (χ2n) is 3.09. The van der Waals surface area contributed by atoms with E-state index in [0.717, 1.165) is 12.1 Å². The lowest BCUT2D eigenvalue weighted by molar-refractivity contribution is -0.384. The summed E-state index contributed by atoms with van der Waals surface area (Å²) in [7, 11) is 0. The highest BCUT2D eigenvalue weighted by molar-refractivity contribution is 6.29. The Morgan fingerprint density at radius 3 is 2.88 bits per heavy atom. The van der Waals surface area contributed by atoms with E-state index in [1.807, 2.05) is 0 Å². The first-order valence-electron chi connectivity index (χ1n) is 4.43. The molecule has 0 aliphatic rings. The second kappa shape index (κ2) is 5.41. The van der Waals surface area contributed by atoms with Crippen molar-refractivity contribution in [3.63, 3.8) is 0 Å². The maximum absolute atomic E-state index is 10.5. The summed E-state index contributed by atoms with van der Waals surface area (Å²) in [5.41, 5.74) is 4.58. The normalized spacial score (nSPS) is 11.9. The fraction of sp³-hybridized carbons (Fsp3) is 0.250. The number of nitrogens with one attached hydrogen (secondary N) is 1. The number of halogens is 1. The Bertz CT molecular complexity index is 453. The first-order valence-corrected chi connectivity index (χ1v) is 4.81. The van der Waals surface area contributed by atoms with E-state index in [4.69, 9.17) is 22.4 Å². The SMILES string of the molecule is NC(=O)C(O)CNc1cc([N+](=O)[O-])cc(Cl)n1. The lowest BCUT2D eigenvalue weighted by Crippen LogP contribution is -2.34. The zero-order chi connectivity index (χ0) is 13.0. The molecule has 1 aromatic rings. The lowest BCUT2D eigenvalue weighted by atomic mass is 10.3. The molecule has 92 valence electrons. The third-order valence-electron chi connectivity index (χ3n) is 1.79. The van der Waals surface area contributed by atoms with Gasteiger partial charge in [-0.3, -0.25) is 14.9 Å². The maximum Gasteiger partial charge on any atom is 0.276 e. The van der Waals surface area contributed by atoms with Gasteiger partial charge in [-0.1, -0.05) is 11.6 Å². The minimum atomic E-state index is -1.41. The fourth-order valence-electron chi connectivity index (χ4n) is 0.981. The number of hydrogen-bond donors (Lipinski definition) is 3. The van der Waals surface area contributed by atoms with Crippen molar-refractivity contribution in [1.29, 1.82) is 0 Å². The molecule has 17 heavy (non-hydrogen) atoms. The number of nitrogens with zero attached hydrogens (tertiary/aromatic N) is 2. The number of aromatic nitrogens is 1. The van der Waals surface area contributed by atoms with Crippen molar-refractivity contribution in [2.75, 3.05) is 11.9 Å². The predicted molar refractivity (Wildman–Crippen MR) is 59.6 cm³/mol. The summed E-state index contributed by atoms with van der Waals surface area (Å²) in [5.74, 6) is -0.835. The Kier molecular flexibility index (Phi) is 4.18. The number of amides is 1. The molecule has 0 aliphatic carbocycles. The molecule has 0 saturated heterocycles. The quantitative estimate of drug-likeness (QED) is 0.385. The van der Waals surface area contributed by atoms with E-state index < -0.39 is 16.9 Å². The van der Waals surface area contributed by atoms with Gasteiger partial charge >= 0.3 is 0 Å². The molecule has 0 spiro atoms. The molecule has 0 radical (unpaired) electrons. The minimum absolute atomic E-state index is 0.0736. The highest BCUT2D eigenvalue weighted by Gasteiger charge is 2.13. The molecular formula is C8H9ClN4O4. The number of carbonyl (C=O) groups excluding carboxylic acids is 1. The number of anilines is 1. The summed E-state index contributed by atoms with van der Waals surface area (Å²) >= 11 is 5.56. The van der Waals surface area contributed by atoms with Crippen LogP contribution in [0.2, 0.25) is 5.15 Å². The lowest BCUT2D eigenvalue weighted by Gasteiger charge is -2.08. The van der Waals surface area contributed by atoms with Gasteiger partial charge in [0.1, 0.15) is 17.1 Å². The van der Waals surface area contributed by atoms with Crippen LogP contribution in [-0.4, -0.2) is 33.6 Å². The fourth-order valence-corrected chi connectivity index (χ4v) is 1.18.